The summed E-state index contributed by atoms with van der Waals surface area (Å²) < 4.78 is 5.56. The van der Waals surface area contributed by atoms with Crippen LogP contribution in [-0.2, 0) is 9.59 Å². The number of hydrogen-bond donors (Lipinski definition) is 1. The molecule has 2 aromatic carbocycles. The standard InChI is InChI=1S/C19H16N2O3/c1-2-12-24-17-11-7-6-8-14(17)13-16-18(22)20-21(19(16)23)15-9-4-3-5-10-15/h2-11,13H,1,12H2,(H,20,22). The lowest BCUT2D eigenvalue weighted by Gasteiger charge is -2.13. The minimum Gasteiger partial charge on any atom is -0.489 e. The van der Waals surface area contributed by atoms with Crippen LogP contribution < -0.4 is 15.2 Å². The molecule has 24 heavy (non-hydrogen) atoms. The summed E-state index contributed by atoms with van der Waals surface area (Å²) in [6, 6.07) is 16.2. The smallest absolute Gasteiger partial charge is 0.282 e. The monoisotopic (exact) mass is 320 g/mol. The molecule has 5 heteroatoms. The Morgan fingerprint density at radius 3 is 2.50 bits per heavy atom. The maximum absolute atomic E-state index is 12.6. The zero-order chi connectivity index (χ0) is 16.9. The Morgan fingerprint density at radius 2 is 1.75 bits per heavy atom. The van der Waals surface area contributed by atoms with Crippen LogP contribution in [0.15, 0.2) is 72.8 Å². The van der Waals surface area contributed by atoms with Gasteiger partial charge in [0.2, 0.25) is 0 Å². The summed E-state index contributed by atoms with van der Waals surface area (Å²) in [5.41, 5.74) is 3.90. The summed E-state index contributed by atoms with van der Waals surface area (Å²) in [5.74, 6) is -0.254. The lowest BCUT2D eigenvalue weighted by Crippen LogP contribution is -2.35. The number of ether oxygens (including phenoxy) is 1. The van der Waals surface area contributed by atoms with Crippen molar-refractivity contribution in [2.24, 2.45) is 0 Å². The van der Waals surface area contributed by atoms with E-state index < -0.39 is 11.8 Å². The lowest BCUT2D eigenvalue weighted by atomic mass is 10.1. The molecule has 120 valence electrons. The summed E-state index contributed by atoms with van der Waals surface area (Å²) in [4.78, 5) is 24.8. The van der Waals surface area contributed by atoms with Gasteiger partial charge in [0, 0.05) is 5.56 Å². The van der Waals surface area contributed by atoms with Crippen molar-refractivity contribution in [2.45, 2.75) is 0 Å². The third kappa shape index (κ3) is 3.05. The predicted octanol–water partition coefficient (Wildman–Crippen LogP) is 2.71. The molecule has 0 spiro atoms. The number of rotatable bonds is 5. The van der Waals surface area contributed by atoms with Gasteiger partial charge in [-0.25, -0.2) is 5.01 Å². The predicted molar refractivity (Wildman–Crippen MR) is 92.2 cm³/mol. The molecule has 0 aliphatic carbocycles. The third-order valence-electron chi connectivity index (χ3n) is 3.48. The molecule has 1 aliphatic rings. The number of nitrogens with one attached hydrogen (secondary N) is 1. The largest absolute Gasteiger partial charge is 0.489 e. The topological polar surface area (TPSA) is 58.6 Å². The second kappa shape index (κ2) is 6.83. The quantitative estimate of drug-likeness (QED) is 0.523. The minimum absolute atomic E-state index is 0.0634. The SMILES string of the molecule is C=CCOc1ccccc1C=C1C(=O)NN(c2ccccc2)C1=O. The summed E-state index contributed by atoms with van der Waals surface area (Å²) >= 11 is 0. The van der Waals surface area contributed by atoms with Crippen LogP contribution in [0.3, 0.4) is 0 Å². The van der Waals surface area contributed by atoms with E-state index in [4.69, 9.17) is 4.74 Å². The minimum atomic E-state index is -0.442. The molecule has 0 radical (unpaired) electrons. The number of carbonyl (C=O) groups excluding carboxylic acids is 2. The summed E-state index contributed by atoms with van der Waals surface area (Å²) in [6.45, 7) is 3.95. The molecule has 1 N–H and O–H groups in total. The molecule has 0 unspecified atom stereocenters. The van der Waals surface area contributed by atoms with E-state index in [1.165, 1.54) is 5.01 Å². The Labute approximate surface area is 139 Å². The second-order valence-electron chi connectivity index (χ2n) is 5.11. The van der Waals surface area contributed by atoms with Crippen molar-refractivity contribution >= 4 is 23.6 Å². The lowest BCUT2D eigenvalue weighted by molar-refractivity contribution is -0.117. The highest BCUT2D eigenvalue weighted by molar-refractivity contribution is 6.31. The van der Waals surface area contributed by atoms with Gasteiger partial charge in [0.1, 0.15) is 17.9 Å². The van der Waals surface area contributed by atoms with Crippen LogP contribution in [0, 0.1) is 0 Å². The van der Waals surface area contributed by atoms with Gasteiger partial charge in [-0.05, 0) is 24.3 Å². The molecule has 5 nitrogen and oxygen atoms in total. The molecule has 0 bridgehead atoms. The van der Waals surface area contributed by atoms with Gasteiger partial charge in [-0.1, -0.05) is 49.1 Å². The maximum atomic E-state index is 12.6. The van der Waals surface area contributed by atoms with Crippen molar-refractivity contribution in [3.8, 4) is 5.75 Å². The number of carbonyl (C=O) groups is 2. The number of hydrazine groups is 1. The van der Waals surface area contributed by atoms with Crippen LogP contribution in [0.1, 0.15) is 5.56 Å². The highest BCUT2D eigenvalue weighted by Crippen LogP contribution is 2.25. The van der Waals surface area contributed by atoms with E-state index in [0.29, 0.717) is 23.6 Å². The first-order valence-corrected chi connectivity index (χ1v) is 7.45. The second-order valence-corrected chi connectivity index (χ2v) is 5.11. The van der Waals surface area contributed by atoms with Crippen LogP contribution in [-0.4, -0.2) is 18.4 Å². The number of amides is 2. The van der Waals surface area contributed by atoms with Crippen molar-refractivity contribution in [3.05, 3.63) is 78.4 Å². The van der Waals surface area contributed by atoms with Crippen molar-refractivity contribution < 1.29 is 14.3 Å². The molecule has 0 saturated carbocycles. The molecular formula is C19H16N2O3. The zero-order valence-electron chi connectivity index (χ0n) is 12.9. The highest BCUT2D eigenvalue weighted by Gasteiger charge is 2.34. The molecule has 1 heterocycles. The van der Waals surface area contributed by atoms with E-state index in [9.17, 15) is 9.59 Å². The van der Waals surface area contributed by atoms with Gasteiger partial charge in [0.05, 0.1) is 5.69 Å². The summed E-state index contributed by atoms with van der Waals surface area (Å²) in [7, 11) is 0. The molecule has 0 atom stereocenters. The van der Waals surface area contributed by atoms with Crippen LogP contribution in [0.2, 0.25) is 0 Å². The molecule has 3 rings (SSSR count). The molecule has 0 aromatic heterocycles. The van der Waals surface area contributed by atoms with Gasteiger partial charge in [0.25, 0.3) is 11.8 Å². The van der Waals surface area contributed by atoms with Gasteiger partial charge in [-0.2, -0.15) is 0 Å². The van der Waals surface area contributed by atoms with Gasteiger partial charge in [0.15, 0.2) is 0 Å². The molecule has 2 amide bonds. The van der Waals surface area contributed by atoms with Gasteiger partial charge in [-0.15, -0.1) is 0 Å². The Morgan fingerprint density at radius 1 is 1.04 bits per heavy atom. The molecular weight excluding hydrogens is 304 g/mol. The Balaban J connectivity index is 1.92. The zero-order valence-corrected chi connectivity index (χ0v) is 12.9. The summed E-state index contributed by atoms with van der Waals surface area (Å²) in [5, 5.41) is 1.24. The fourth-order valence-electron chi connectivity index (χ4n) is 2.35. The fraction of sp³-hybridized carbons (Fsp3) is 0.0526. The number of para-hydroxylation sites is 2. The van der Waals surface area contributed by atoms with E-state index in [-0.39, 0.29) is 5.57 Å². The van der Waals surface area contributed by atoms with Gasteiger partial charge >= 0.3 is 0 Å². The van der Waals surface area contributed by atoms with E-state index >= 15 is 0 Å². The van der Waals surface area contributed by atoms with Crippen LogP contribution in [0.5, 0.6) is 5.75 Å². The van der Waals surface area contributed by atoms with Crippen molar-refractivity contribution in [3.63, 3.8) is 0 Å². The normalized spacial score (nSPS) is 15.5. The van der Waals surface area contributed by atoms with Crippen LogP contribution in [0.4, 0.5) is 5.69 Å². The van der Waals surface area contributed by atoms with Crippen molar-refractivity contribution in [1.29, 1.82) is 0 Å². The molecule has 2 aromatic rings. The highest BCUT2D eigenvalue weighted by atomic mass is 16.5. The van der Waals surface area contributed by atoms with E-state index in [1.54, 1.807) is 48.6 Å². The summed E-state index contributed by atoms with van der Waals surface area (Å²) in [6.07, 6.45) is 3.17. The molecule has 1 saturated heterocycles. The Bertz CT molecular complexity index is 812. The van der Waals surface area contributed by atoms with Crippen molar-refractivity contribution in [2.75, 3.05) is 11.6 Å². The maximum Gasteiger partial charge on any atom is 0.282 e. The fourth-order valence-corrected chi connectivity index (χ4v) is 2.35. The number of anilines is 1. The average Bonchev–Trinajstić information content (AvgIpc) is 2.90. The van der Waals surface area contributed by atoms with Gasteiger partial charge < -0.3 is 4.74 Å². The Hall–Kier alpha value is -3.34. The Kier molecular flexibility index (Phi) is 4.43. The van der Waals surface area contributed by atoms with Crippen molar-refractivity contribution in [1.82, 2.24) is 5.43 Å². The number of benzene rings is 2. The average molecular weight is 320 g/mol. The first-order chi connectivity index (χ1) is 11.7. The molecule has 1 fully saturated rings. The first-order valence-electron chi connectivity index (χ1n) is 7.45. The van der Waals surface area contributed by atoms with E-state index in [2.05, 4.69) is 12.0 Å². The molecule has 1 aliphatic heterocycles. The van der Waals surface area contributed by atoms with E-state index in [0.717, 1.165) is 0 Å². The number of hydrogen-bond acceptors (Lipinski definition) is 3. The van der Waals surface area contributed by atoms with Crippen LogP contribution >= 0.6 is 0 Å². The van der Waals surface area contributed by atoms with Gasteiger partial charge in [-0.3, -0.25) is 15.0 Å². The van der Waals surface area contributed by atoms with Crippen LogP contribution in [0.25, 0.3) is 6.08 Å². The number of nitrogens with zero attached hydrogens (tertiary/aromatic N) is 1. The first kappa shape index (κ1) is 15.6. The van der Waals surface area contributed by atoms with E-state index in [1.807, 2.05) is 18.2 Å². The third-order valence-corrected chi connectivity index (χ3v) is 3.48.